The predicted octanol–water partition coefficient (Wildman–Crippen LogP) is 11.1. The molecule has 2 heterocycles. The first kappa shape index (κ1) is 26.4. The molecule has 0 N–H and O–H groups in total. The van der Waals surface area contributed by atoms with Crippen LogP contribution in [0.15, 0.2) is 152 Å². The Kier molecular flexibility index (Phi) is 5.89. The molecule has 0 radical (unpaired) electrons. The van der Waals surface area contributed by atoms with E-state index in [2.05, 4.69) is 170 Å². The zero-order valence-corrected chi connectivity index (χ0v) is 27.1. The third-order valence-electron chi connectivity index (χ3n) is 9.66. The van der Waals surface area contributed by atoms with Crippen molar-refractivity contribution in [1.29, 1.82) is 0 Å². The van der Waals surface area contributed by atoms with Crippen LogP contribution in [-0.2, 0) is 0 Å². The molecule has 0 unspecified atom stereocenters. The number of benzene rings is 7. The van der Waals surface area contributed by atoms with Crippen LogP contribution in [0.3, 0.4) is 0 Å². The quantitative estimate of drug-likeness (QED) is 0.179. The van der Waals surface area contributed by atoms with Crippen molar-refractivity contribution in [3.8, 4) is 22.3 Å². The van der Waals surface area contributed by atoms with Crippen LogP contribution < -0.4 is 15.3 Å². The molecular formula is C42H31NSSi. The lowest BCUT2D eigenvalue weighted by atomic mass is 9.98. The summed E-state index contributed by atoms with van der Waals surface area (Å²) in [5.41, 5.74) is 8.91. The van der Waals surface area contributed by atoms with Gasteiger partial charge >= 0.3 is 0 Å². The lowest BCUT2D eigenvalue weighted by Gasteiger charge is -2.27. The minimum Gasteiger partial charge on any atom is -0.311 e. The fraction of sp³-hybridized carbons (Fsp3) is 0.0476. The first-order valence-corrected chi connectivity index (χ1v) is 19.4. The zero-order valence-electron chi connectivity index (χ0n) is 25.3. The summed E-state index contributed by atoms with van der Waals surface area (Å²) >= 11 is 1.91. The van der Waals surface area contributed by atoms with E-state index in [-0.39, 0.29) is 0 Å². The van der Waals surface area contributed by atoms with Gasteiger partial charge < -0.3 is 4.90 Å². The molecule has 0 atom stereocenters. The van der Waals surface area contributed by atoms with Crippen LogP contribution in [0.4, 0.5) is 17.1 Å². The van der Waals surface area contributed by atoms with Crippen LogP contribution in [0.1, 0.15) is 0 Å². The van der Waals surface area contributed by atoms with Gasteiger partial charge in [0.2, 0.25) is 0 Å². The lowest BCUT2D eigenvalue weighted by Crippen LogP contribution is -2.49. The van der Waals surface area contributed by atoms with E-state index in [0.29, 0.717) is 0 Å². The smallest absolute Gasteiger partial charge is 0.113 e. The number of nitrogens with zero attached hydrogens (tertiary/aromatic N) is 1. The van der Waals surface area contributed by atoms with E-state index in [9.17, 15) is 0 Å². The maximum Gasteiger partial charge on any atom is 0.113 e. The van der Waals surface area contributed by atoms with E-state index >= 15 is 0 Å². The highest BCUT2D eigenvalue weighted by Crippen LogP contribution is 2.44. The highest BCUT2D eigenvalue weighted by atomic mass is 32.1. The molecule has 9 rings (SSSR count). The predicted molar refractivity (Wildman–Crippen MR) is 199 cm³/mol. The van der Waals surface area contributed by atoms with Gasteiger partial charge in [-0.05, 0) is 91.9 Å². The number of anilines is 3. The molecule has 0 spiro atoms. The summed E-state index contributed by atoms with van der Waals surface area (Å²) in [6.07, 6.45) is 0. The third kappa shape index (κ3) is 4.05. The molecule has 0 saturated heterocycles. The Balaban J connectivity index is 1.19. The highest BCUT2D eigenvalue weighted by Gasteiger charge is 2.39. The van der Waals surface area contributed by atoms with Gasteiger partial charge in [-0.2, -0.15) is 0 Å². The molecule has 214 valence electrons. The van der Waals surface area contributed by atoms with Gasteiger partial charge in [-0.25, -0.2) is 0 Å². The molecule has 8 aromatic rings. The minimum atomic E-state index is -1.94. The fourth-order valence-electron chi connectivity index (χ4n) is 7.46. The van der Waals surface area contributed by atoms with Gasteiger partial charge in [-0.15, -0.1) is 11.3 Å². The molecule has 0 bridgehead atoms. The van der Waals surface area contributed by atoms with Crippen LogP contribution in [0.25, 0.3) is 53.2 Å². The van der Waals surface area contributed by atoms with Crippen molar-refractivity contribution >= 4 is 77.8 Å². The largest absolute Gasteiger partial charge is 0.311 e. The zero-order chi connectivity index (χ0) is 30.1. The number of fused-ring (bicyclic) bond motifs is 8. The van der Waals surface area contributed by atoms with Crippen LogP contribution in [-0.4, -0.2) is 8.07 Å². The van der Waals surface area contributed by atoms with Gasteiger partial charge in [0.05, 0.1) is 0 Å². The van der Waals surface area contributed by atoms with E-state index in [1.165, 1.54) is 64.1 Å². The molecule has 0 saturated carbocycles. The molecule has 7 aromatic carbocycles. The topological polar surface area (TPSA) is 3.24 Å². The van der Waals surface area contributed by atoms with Crippen molar-refractivity contribution in [3.63, 3.8) is 0 Å². The Morgan fingerprint density at radius 2 is 1.18 bits per heavy atom. The molecule has 1 aliphatic rings. The van der Waals surface area contributed by atoms with Crippen molar-refractivity contribution in [2.45, 2.75) is 13.1 Å². The SMILES string of the molecule is C[Si]1(C)c2cc(N(c3ccccc3)c3ccc(-c4cccc5ccccc45)cc3)ccc2-c2c1ccc1sc3ccccc3c21. The summed E-state index contributed by atoms with van der Waals surface area (Å²) in [7, 11) is -1.94. The van der Waals surface area contributed by atoms with Gasteiger partial charge in [0.1, 0.15) is 8.07 Å². The number of thiophene rings is 1. The molecular weight excluding hydrogens is 579 g/mol. The molecule has 0 fully saturated rings. The average Bonchev–Trinajstić information content (AvgIpc) is 3.57. The summed E-state index contributed by atoms with van der Waals surface area (Å²) in [6.45, 7) is 5.04. The van der Waals surface area contributed by atoms with Gasteiger partial charge in [0.25, 0.3) is 0 Å². The standard InChI is InChI=1S/C42H31NSSi/c1-45(2)39-26-25-38-41(35-16-8-9-18-37(35)44-38)42(39)36-24-23-32(27-40(36)45)43(30-13-4-3-5-14-30)31-21-19-29(20-22-31)34-17-10-12-28-11-6-7-15-33(28)34/h3-27H,1-2H3. The van der Waals surface area contributed by atoms with E-state index in [0.717, 1.165) is 11.4 Å². The Bertz CT molecular complexity index is 2400. The number of hydrogen-bond acceptors (Lipinski definition) is 2. The molecule has 0 aliphatic carbocycles. The highest BCUT2D eigenvalue weighted by molar-refractivity contribution is 7.26. The third-order valence-corrected chi connectivity index (χ3v) is 14.3. The molecule has 0 amide bonds. The molecule has 45 heavy (non-hydrogen) atoms. The summed E-state index contributed by atoms with van der Waals surface area (Å²) in [6, 6.07) is 56.0. The van der Waals surface area contributed by atoms with Crippen LogP contribution in [0.2, 0.25) is 13.1 Å². The average molecular weight is 610 g/mol. The second kappa shape index (κ2) is 10.0. The number of rotatable bonds is 4. The summed E-state index contributed by atoms with van der Waals surface area (Å²) in [5, 5.41) is 8.44. The lowest BCUT2D eigenvalue weighted by molar-refractivity contribution is 1.29. The molecule has 1 nitrogen and oxygen atoms in total. The van der Waals surface area contributed by atoms with E-state index < -0.39 is 8.07 Å². The Labute approximate surface area is 268 Å². The minimum absolute atomic E-state index is 1.16. The summed E-state index contributed by atoms with van der Waals surface area (Å²) < 4.78 is 2.75. The van der Waals surface area contributed by atoms with Crippen molar-refractivity contribution in [3.05, 3.63) is 152 Å². The van der Waals surface area contributed by atoms with E-state index in [4.69, 9.17) is 0 Å². The number of hydrogen-bond donors (Lipinski definition) is 0. The van der Waals surface area contributed by atoms with E-state index in [1.807, 2.05) is 11.3 Å². The Morgan fingerprint density at radius 3 is 2.02 bits per heavy atom. The monoisotopic (exact) mass is 609 g/mol. The second-order valence-electron chi connectivity index (χ2n) is 12.6. The van der Waals surface area contributed by atoms with E-state index in [1.54, 1.807) is 5.19 Å². The van der Waals surface area contributed by atoms with Gasteiger partial charge in [0.15, 0.2) is 0 Å². The van der Waals surface area contributed by atoms with Gasteiger partial charge in [0, 0.05) is 37.2 Å². The first-order chi connectivity index (χ1) is 22.1. The van der Waals surface area contributed by atoms with Crippen molar-refractivity contribution in [2.24, 2.45) is 0 Å². The molecule has 1 aromatic heterocycles. The van der Waals surface area contributed by atoms with Crippen LogP contribution in [0.5, 0.6) is 0 Å². The molecule has 3 heteroatoms. The van der Waals surface area contributed by atoms with Gasteiger partial charge in [-0.1, -0.05) is 116 Å². The van der Waals surface area contributed by atoms with Crippen LogP contribution >= 0.6 is 11.3 Å². The fourth-order valence-corrected chi connectivity index (χ4v) is 11.6. The molecule has 1 aliphatic heterocycles. The first-order valence-electron chi connectivity index (χ1n) is 15.6. The summed E-state index contributed by atoms with van der Waals surface area (Å²) in [5.74, 6) is 0. The van der Waals surface area contributed by atoms with Crippen molar-refractivity contribution in [2.75, 3.05) is 4.90 Å². The van der Waals surface area contributed by atoms with Crippen LogP contribution in [0, 0.1) is 0 Å². The maximum absolute atomic E-state index is 2.52. The Morgan fingerprint density at radius 1 is 0.489 bits per heavy atom. The van der Waals surface area contributed by atoms with Crippen molar-refractivity contribution in [1.82, 2.24) is 0 Å². The normalized spacial score (nSPS) is 13.3. The number of para-hydroxylation sites is 1. The Hall–Kier alpha value is -4.96. The maximum atomic E-state index is 2.52. The summed E-state index contributed by atoms with van der Waals surface area (Å²) in [4.78, 5) is 2.41. The second-order valence-corrected chi connectivity index (χ2v) is 18.0. The van der Waals surface area contributed by atoms with Gasteiger partial charge in [-0.3, -0.25) is 0 Å². The van der Waals surface area contributed by atoms with Crippen molar-refractivity contribution < 1.29 is 0 Å².